The number of hydrogen-bond acceptors (Lipinski definition) is 4. The van der Waals surface area contributed by atoms with Crippen molar-refractivity contribution in [3.8, 4) is 5.75 Å². The minimum atomic E-state index is -0.109. The van der Waals surface area contributed by atoms with Gasteiger partial charge in [0, 0.05) is 46.4 Å². The number of hydrogen-bond donors (Lipinski definition) is 0. The molecule has 0 bridgehead atoms. The Bertz CT molecular complexity index is 890. The van der Waals surface area contributed by atoms with Crippen molar-refractivity contribution < 1.29 is 14.3 Å². The molecule has 2 aromatic rings. The maximum Gasteiger partial charge on any atom is 0.219 e. The lowest BCUT2D eigenvalue weighted by molar-refractivity contribution is -0.129. The number of amides is 1. The summed E-state index contributed by atoms with van der Waals surface area (Å²) in [5.41, 5.74) is 3.53. The van der Waals surface area contributed by atoms with Crippen LogP contribution in [0.4, 0.5) is 5.69 Å². The van der Waals surface area contributed by atoms with Crippen LogP contribution in [0.3, 0.4) is 0 Å². The van der Waals surface area contributed by atoms with Crippen LogP contribution in [0.1, 0.15) is 57.1 Å². The molecular formula is C28H40N2O3. The van der Waals surface area contributed by atoms with Crippen molar-refractivity contribution in [2.75, 3.05) is 39.3 Å². The van der Waals surface area contributed by atoms with Crippen molar-refractivity contribution in [2.24, 2.45) is 5.92 Å². The summed E-state index contributed by atoms with van der Waals surface area (Å²) in [4.78, 5) is 16.6. The van der Waals surface area contributed by atoms with E-state index in [0.29, 0.717) is 18.4 Å². The highest BCUT2D eigenvalue weighted by atomic mass is 16.5. The monoisotopic (exact) mass is 452 g/mol. The summed E-state index contributed by atoms with van der Waals surface area (Å²) in [5, 5.41) is 0. The normalized spacial score (nSPS) is 18.4. The van der Waals surface area contributed by atoms with Crippen molar-refractivity contribution >= 4 is 11.6 Å². The van der Waals surface area contributed by atoms with Crippen molar-refractivity contribution in [3.63, 3.8) is 0 Å². The number of nitrogens with zero attached hydrogens (tertiary/aromatic N) is 2. The molecule has 1 aliphatic rings. The van der Waals surface area contributed by atoms with Crippen LogP contribution in [0.15, 0.2) is 48.5 Å². The predicted octanol–water partition coefficient (Wildman–Crippen LogP) is 5.49. The third-order valence-corrected chi connectivity index (χ3v) is 6.83. The molecular weight excluding hydrogens is 412 g/mol. The molecule has 5 heteroatoms. The molecule has 1 aliphatic heterocycles. The first-order chi connectivity index (χ1) is 15.7. The molecule has 2 unspecified atom stereocenters. The molecule has 1 saturated heterocycles. The molecule has 1 amide bonds. The molecule has 0 spiro atoms. The molecule has 0 N–H and O–H groups in total. The molecule has 1 fully saturated rings. The van der Waals surface area contributed by atoms with Gasteiger partial charge in [0.25, 0.3) is 0 Å². The van der Waals surface area contributed by atoms with Gasteiger partial charge in [-0.05, 0) is 80.3 Å². The zero-order chi connectivity index (χ0) is 24.0. The molecule has 5 nitrogen and oxygen atoms in total. The Morgan fingerprint density at radius 2 is 1.79 bits per heavy atom. The summed E-state index contributed by atoms with van der Waals surface area (Å²) in [6.07, 6.45) is 3.00. The van der Waals surface area contributed by atoms with E-state index in [9.17, 15) is 4.79 Å². The van der Waals surface area contributed by atoms with E-state index in [1.165, 1.54) is 5.56 Å². The molecule has 180 valence electrons. The smallest absolute Gasteiger partial charge is 0.219 e. The van der Waals surface area contributed by atoms with Gasteiger partial charge < -0.3 is 19.3 Å². The SMILES string of the molecule is COc1ccc(C(CCN(Cc2ccc(N(C)C)cc2)C(C)=O)C2CCOC(C)(C)C2)cc1. The fraction of sp³-hybridized carbons (Fsp3) is 0.536. The molecule has 33 heavy (non-hydrogen) atoms. The topological polar surface area (TPSA) is 42.0 Å². The molecule has 0 aliphatic carbocycles. The van der Waals surface area contributed by atoms with Gasteiger partial charge in [0.15, 0.2) is 0 Å². The lowest BCUT2D eigenvalue weighted by Gasteiger charge is -2.40. The lowest BCUT2D eigenvalue weighted by atomic mass is 9.75. The van der Waals surface area contributed by atoms with Gasteiger partial charge in [-0.15, -0.1) is 0 Å². The molecule has 2 aromatic carbocycles. The predicted molar refractivity (Wildman–Crippen MR) is 135 cm³/mol. The molecule has 3 rings (SSSR count). The number of ether oxygens (including phenoxy) is 2. The van der Waals surface area contributed by atoms with Crippen LogP contribution in [-0.2, 0) is 16.1 Å². The summed E-state index contributed by atoms with van der Waals surface area (Å²) in [5.74, 6) is 1.89. The lowest BCUT2D eigenvalue weighted by Crippen LogP contribution is -2.37. The third kappa shape index (κ3) is 6.97. The van der Waals surface area contributed by atoms with Crippen molar-refractivity contribution in [1.82, 2.24) is 4.90 Å². The fourth-order valence-electron chi connectivity index (χ4n) is 4.91. The van der Waals surface area contributed by atoms with E-state index in [4.69, 9.17) is 9.47 Å². The van der Waals surface area contributed by atoms with Gasteiger partial charge in [-0.3, -0.25) is 4.79 Å². The Hall–Kier alpha value is -2.53. The number of anilines is 1. The largest absolute Gasteiger partial charge is 0.497 e. The Balaban J connectivity index is 1.75. The van der Waals surface area contributed by atoms with E-state index in [-0.39, 0.29) is 11.5 Å². The highest BCUT2D eigenvalue weighted by Gasteiger charge is 2.34. The zero-order valence-electron chi connectivity index (χ0n) is 21.1. The first kappa shape index (κ1) is 25.1. The first-order valence-electron chi connectivity index (χ1n) is 12.0. The van der Waals surface area contributed by atoms with Crippen LogP contribution in [0.25, 0.3) is 0 Å². The minimum Gasteiger partial charge on any atom is -0.497 e. The van der Waals surface area contributed by atoms with Gasteiger partial charge in [-0.2, -0.15) is 0 Å². The third-order valence-electron chi connectivity index (χ3n) is 6.83. The zero-order valence-corrected chi connectivity index (χ0v) is 21.1. The molecule has 1 heterocycles. The van der Waals surface area contributed by atoms with Crippen LogP contribution >= 0.6 is 0 Å². The van der Waals surface area contributed by atoms with Gasteiger partial charge in [0.1, 0.15) is 5.75 Å². The summed E-state index contributed by atoms with van der Waals surface area (Å²) in [7, 11) is 5.77. The highest BCUT2D eigenvalue weighted by Crippen LogP contribution is 2.40. The molecule has 0 saturated carbocycles. The number of benzene rings is 2. The van der Waals surface area contributed by atoms with Crippen LogP contribution in [0.2, 0.25) is 0 Å². The number of rotatable bonds is 9. The van der Waals surface area contributed by atoms with Crippen LogP contribution < -0.4 is 9.64 Å². The average molecular weight is 453 g/mol. The van der Waals surface area contributed by atoms with Crippen LogP contribution in [-0.4, -0.2) is 50.8 Å². The fourth-order valence-corrected chi connectivity index (χ4v) is 4.91. The standard InChI is InChI=1S/C28H40N2O3/c1-21(31)30(20-22-7-11-25(12-8-22)29(4)5)17-15-27(23-9-13-26(32-6)14-10-23)24-16-18-33-28(2,3)19-24/h7-14,24,27H,15-20H2,1-6H3. The van der Waals surface area contributed by atoms with E-state index in [0.717, 1.165) is 49.4 Å². The van der Waals surface area contributed by atoms with Crippen molar-refractivity contribution in [2.45, 2.75) is 58.1 Å². The van der Waals surface area contributed by atoms with E-state index in [1.54, 1.807) is 14.0 Å². The Morgan fingerprint density at radius 1 is 1.12 bits per heavy atom. The maximum absolute atomic E-state index is 12.5. The summed E-state index contributed by atoms with van der Waals surface area (Å²) >= 11 is 0. The van der Waals surface area contributed by atoms with E-state index >= 15 is 0 Å². The Labute approximate surface area is 199 Å². The minimum absolute atomic E-state index is 0.109. The van der Waals surface area contributed by atoms with Gasteiger partial charge >= 0.3 is 0 Å². The van der Waals surface area contributed by atoms with E-state index < -0.39 is 0 Å². The first-order valence-corrected chi connectivity index (χ1v) is 12.0. The molecule has 0 aromatic heterocycles. The van der Waals surface area contributed by atoms with Crippen LogP contribution in [0.5, 0.6) is 5.75 Å². The number of carbonyl (C=O) groups excluding carboxylic acids is 1. The quantitative estimate of drug-likeness (QED) is 0.505. The molecule has 0 radical (unpaired) electrons. The Kier molecular flexibility index (Phi) is 8.41. The van der Waals surface area contributed by atoms with Gasteiger partial charge in [0.05, 0.1) is 12.7 Å². The Morgan fingerprint density at radius 3 is 2.33 bits per heavy atom. The second-order valence-electron chi connectivity index (χ2n) is 10.0. The molecule has 2 atom stereocenters. The summed E-state index contributed by atoms with van der Waals surface area (Å²) < 4.78 is 11.4. The van der Waals surface area contributed by atoms with Crippen LogP contribution in [0, 0.1) is 5.92 Å². The number of carbonyl (C=O) groups is 1. The average Bonchev–Trinajstić information content (AvgIpc) is 2.78. The summed E-state index contributed by atoms with van der Waals surface area (Å²) in [6, 6.07) is 16.9. The highest BCUT2D eigenvalue weighted by molar-refractivity contribution is 5.73. The van der Waals surface area contributed by atoms with Crippen molar-refractivity contribution in [1.29, 1.82) is 0 Å². The maximum atomic E-state index is 12.5. The van der Waals surface area contributed by atoms with Crippen molar-refractivity contribution in [3.05, 3.63) is 59.7 Å². The van der Waals surface area contributed by atoms with E-state index in [2.05, 4.69) is 55.1 Å². The number of methoxy groups -OCH3 is 1. The van der Waals surface area contributed by atoms with Gasteiger partial charge in [0.2, 0.25) is 5.91 Å². The second-order valence-corrected chi connectivity index (χ2v) is 10.0. The van der Waals surface area contributed by atoms with Gasteiger partial charge in [-0.25, -0.2) is 0 Å². The van der Waals surface area contributed by atoms with Gasteiger partial charge in [-0.1, -0.05) is 24.3 Å². The second kappa shape index (κ2) is 11.1. The van der Waals surface area contributed by atoms with E-state index in [1.807, 2.05) is 31.1 Å². The summed E-state index contributed by atoms with van der Waals surface area (Å²) in [6.45, 7) is 8.21.